The van der Waals surface area contributed by atoms with Crippen molar-refractivity contribution in [2.75, 3.05) is 12.0 Å². The van der Waals surface area contributed by atoms with Gasteiger partial charge in [-0.05, 0) is 45.4 Å². The fraction of sp³-hybridized carbons (Fsp3) is 0.231. The molecule has 0 aliphatic carbocycles. The molecular formula is C13H13BrN4OS. The number of hydrazine groups is 1. The number of carbonyl (C=O) groups excluding carboxylic acids is 1. The fourth-order valence-electron chi connectivity index (χ4n) is 2.31. The Balaban J connectivity index is 1.88. The number of hydrogen-bond donors (Lipinski definition) is 2. The summed E-state index contributed by atoms with van der Waals surface area (Å²) in [5.74, 6) is 5.78. The molecular weight excluding hydrogens is 340 g/mol. The molecule has 3 N–H and O–H groups in total. The number of thiophene rings is 1. The number of aromatic nitrogens is 1. The number of halogens is 1. The van der Waals surface area contributed by atoms with Gasteiger partial charge >= 0.3 is 0 Å². The van der Waals surface area contributed by atoms with Gasteiger partial charge in [-0.25, -0.2) is 10.8 Å². The SMILES string of the molecule is NNc1ncc(Br)cc1C(=O)N1CCc2sccc2C1. The highest BCUT2D eigenvalue weighted by Crippen LogP contribution is 2.26. The number of anilines is 1. The number of nitrogens with two attached hydrogens (primary N) is 1. The van der Waals surface area contributed by atoms with Gasteiger partial charge in [-0.15, -0.1) is 11.3 Å². The maximum Gasteiger partial charge on any atom is 0.258 e. The zero-order valence-corrected chi connectivity index (χ0v) is 13.0. The van der Waals surface area contributed by atoms with Gasteiger partial charge in [0.25, 0.3) is 5.91 Å². The van der Waals surface area contributed by atoms with Crippen LogP contribution in [0.4, 0.5) is 5.82 Å². The maximum atomic E-state index is 12.6. The van der Waals surface area contributed by atoms with E-state index in [1.54, 1.807) is 23.6 Å². The van der Waals surface area contributed by atoms with Crippen LogP contribution in [0.3, 0.4) is 0 Å². The van der Waals surface area contributed by atoms with Crippen LogP contribution in [-0.2, 0) is 13.0 Å². The third kappa shape index (κ3) is 2.44. The fourth-order valence-corrected chi connectivity index (χ4v) is 3.53. The zero-order valence-electron chi connectivity index (χ0n) is 10.6. The van der Waals surface area contributed by atoms with Crippen LogP contribution in [0.2, 0.25) is 0 Å². The first-order valence-electron chi connectivity index (χ1n) is 6.15. The molecule has 5 nitrogen and oxygen atoms in total. The Morgan fingerprint density at radius 3 is 3.20 bits per heavy atom. The van der Waals surface area contributed by atoms with E-state index in [4.69, 9.17) is 5.84 Å². The Bertz CT molecular complexity index is 658. The smallest absolute Gasteiger partial charge is 0.258 e. The molecule has 20 heavy (non-hydrogen) atoms. The molecule has 2 aromatic heterocycles. The van der Waals surface area contributed by atoms with Crippen LogP contribution in [0.1, 0.15) is 20.8 Å². The molecule has 104 valence electrons. The standard InChI is InChI=1S/C13H13BrN4OS/c14-9-5-10(12(17-15)16-6-9)13(19)18-3-1-11-8(7-18)2-4-20-11/h2,4-6H,1,3,7,15H2,(H,16,17). The molecule has 0 aromatic carbocycles. The molecule has 0 unspecified atom stereocenters. The van der Waals surface area contributed by atoms with Gasteiger partial charge in [0.15, 0.2) is 5.82 Å². The van der Waals surface area contributed by atoms with E-state index in [1.165, 1.54) is 10.4 Å². The lowest BCUT2D eigenvalue weighted by molar-refractivity contribution is 0.0736. The highest BCUT2D eigenvalue weighted by molar-refractivity contribution is 9.10. The summed E-state index contributed by atoms with van der Waals surface area (Å²) in [6.07, 6.45) is 2.52. The van der Waals surface area contributed by atoms with Crippen LogP contribution in [0.5, 0.6) is 0 Å². The van der Waals surface area contributed by atoms with Crippen LogP contribution in [0.25, 0.3) is 0 Å². The van der Waals surface area contributed by atoms with E-state index in [0.29, 0.717) is 17.9 Å². The van der Waals surface area contributed by atoms with Crippen LogP contribution in [0, 0.1) is 0 Å². The average molecular weight is 353 g/mol. The quantitative estimate of drug-likeness (QED) is 0.643. The van der Waals surface area contributed by atoms with Crippen LogP contribution in [-0.4, -0.2) is 22.3 Å². The molecule has 0 radical (unpaired) electrons. The molecule has 7 heteroatoms. The number of pyridine rings is 1. The molecule has 1 aliphatic heterocycles. The lowest BCUT2D eigenvalue weighted by Gasteiger charge is -2.27. The number of fused-ring (bicyclic) bond motifs is 1. The Hall–Kier alpha value is -1.44. The van der Waals surface area contributed by atoms with Crippen LogP contribution >= 0.6 is 27.3 Å². The predicted molar refractivity (Wildman–Crippen MR) is 82.5 cm³/mol. The molecule has 3 rings (SSSR count). The van der Waals surface area contributed by atoms with Crippen molar-refractivity contribution in [1.82, 2.24) is 9.88 Å². The third-order valence-electron chi connectivity index (χ3n) is 3.32. The van der Waals surface area contributed by atoms with Gasteiger partial charge < -0.3 is 10.3 Å². The van der Waals surface area contributed by atoms with E-state index in [2.05, 4.69) is 37.8 Å². The highest BCUT2D eigenvalue weighted by atomic mass is 79.9. The van der Waals surface area contributed by atoms with Gasteiger partial charge in [0, 0.05) is 28.6 Å². The minimum Gasteiger partial charge on any atom is -0.334 e. The summed E-state index contributed by atoms with van der Waals surface area (Å²) in [6.45, 7) is 1.37. The van der Waals surface area contributed by atoms with E-state index in [0.717, 1.165) is 17.4 Å². The molecule has 0 bridgehead atoms. The van der Waals surface area contributed by atoms with E-state index in [1.807, 2.05) is 4.90 Å². The normalized spacial score (nSPS) is 14.0. The van der Waals surface area contributed by atoms with Gasteiger partial charge in [0.1, 0.15) is 0 Å². The molecule has 0 atom stereocenters. The minimum absolute atomic E-state index is 0.0522. The van der Waals surface area contributed by atoms with E-state index < -0.39 is 0 Å². The van der Waals surface area contributed by atoms with Gasteiger partial charge in [0.2, 0.25) is 0 Å². The van der Waals surface area contributed by atoms with E-state index in [9.17, 15) is 4.79 Å². The second-order valence-corrected chi connectivity index (χ2v) is 6.46. The summed E-state index contributed by atoms with van der Waals surface area (Å²) in [5, 5.41) is 2.08. The second-order valence-electron chi connectivity index (χ2n) is 4.54. The summed E-state index contributed by atoms with van der Waals surface area (Å²) in [6, 6.07) is 3.83. The Morgan fingerprint density at radius 2 is 2.40 bits per heavy atom. The van der Waals surface area contributed by atoms with Crippen LogP contribution < -0.4 is 11.3 Å². The lowest BCUT2D eigenvalue weighted by atomic mass is 10.1. The molecule has 0 saturated heterocycles. The molecule has 0 fully saturated rings. The predicted octanol–water partition coefficient (Wildman–Crippen LogP) is 2.39. The first kappa shape index (κ1) is 13.5. The summed E-state index contributed by atoms with van der Waals surface area (Å²) in [7, 11) is 0. The van der Waals surface area contributed by atoms with Gasteiger partial charge in [-0.1, -0.05) is 0 Å². The van der Waals surface area contributed by atoms with Crippen molar-refractivity contribution in [3.63, 3.8) is 0 Å². The number of amides is 1. The number of nitrogens with zero attached hydrogens (tertiary/aromatic N) is 2. The van der Waals surface area contributed by atoms with Gasteiger partial charge in [-0.3, -0.25) is 4.79 Å². The number of rotatable bonds is 2. The number of carbonyl (C=O) groups is 1. The first-order chi connectivity index (χ1) is 9.69. The molecule has 1 aliphatic rings. The number of hydrogen-bond acceptors (Lipinski definition) is 5. The Kier molecular flexibility index (Phi) is 3.73. The average Bonchev–Trinajstić information content (AvgIpc) is 2.93. The lowest BCUT2D eigenvalue weighted by Crippen LogP contribution is -2.36. The van der Waals surface area contributed by atoms with Crippen molar-refractivity contribution >= 4 is 39.0 Å². The monoisotopic (exact) mass is 352 g/mol. The largest absolute Gasteiger partial charge is 0.334 e. The third-order valence-corrected chi connectivity index (χ3v) is 4.77. The van der Waals surface area contributed by atoms with Crippen molar-refractivity contribution in [3.05, 3.63) is 44.2 Å². The molecule has 0 spiro atoms. The maximum absolute atomic E-state index is 12.6. The second kappa shape index (κ2) is 5.51. The highest BCUT2D eigenvalue weighted by Gasteiger charge is 2.24. The summed E-state index contributed by atoms with van der Waals surface area (Å²) >= 11 is 5.09. The van der Waals surface area contributed by atoms with Crippen LogP contribution in [0.15, 0.2) is 28.2 Å². The summed E-state index contributed by atoms with van der Waals surface area (Å²) < 4.78 is 0.757. The molecule has 3 heterocycles. The van der Waals surface area contributed by atoms with E-state index in [-0.39, 0.29) is 5.91 Å². The molecule has 0 saturated carbocycles. The van der Waals surface area contributed by atoms with Crippen molar-refractivity contribution in [2.24, 2.45) is 5.84 Å². The zero-order chi connectivity index (χ0) is 14.1. The van der Waals surface area contributed by atoms with Gasteiger partial charge in [0.05, 0.1) is 5.56 Å². The molecule has 2 aromatic rings. The van der Waals surface area contributed by atoms with Crippen molar-refractivity contribution in [3.8, 4) is 0 Å². The summed E-state index contributed by atoms with van der Waals surface area (Å²) in [5.41, 5.74) is 4.20. The van der Waals surface area contributed by atoms with Crippen molar-refractivity contribution < 1.29 is 4.79 Å². The topological polar surface area (TPSA) is 71.2 Å². The first-order valence-corrected chi connectivity index (χ1v) is 7.83. The molecule has 1 amide bonds. The van der Waals surface area contributed by atoms with Crippen molar-refractivity contribution in [1.29, 1.82) is 0 Å². The van der Waals surface area contributed by atoms with Crippen molar-refractivity contribution in [2.45, 2.75) is 13.0 Å². The number of nitrogen functional groups attached to an aromatic ring is 1. The van der Waals surface area contributed by atoms with Gasteiger partial charge in [-0.2, -0.15) is 0 Å². The Morgan fingerprint density at radius 1 is 1.55 bits per heavy atom. The van der Waals surface area contributed by atoms with E-state index >= 15 is 0 Å². The minimum atomic E-state index is -0.0522. The summed E-state index contributed by atoms with van der Waals surface area (Å²) in [4.78, 5) is 20.0. The number of nitrogens with one attached hydrogen (secondary N) is 1. The Labute approximate surface area is 128 Å².